The first-order valence-corrected chi connectivity index (χ1v) is 4.80. The molecule has 0 aromatic heterocycles. The second kappa shape index (κ2) is 5.40. The van der Waals surface area contributed by atoms with Gasteiger partial charge in [-0.15, -0.1) is 0 Å². The zero-order chi connectivity index (χ0) is 10.4. The van der Waals surface area contributed by atoms with Crippen LogP contribution in [0.25, 0.3) is 0 Å². The normalized spacial score (nSPS) is 12.1. The van der Waals surface area contributed by atoms with Gasteiger partial charge in [-0.2, -0.15) is 0 Å². The highest BCUT2D eigenvalue weighted by Gasteiger charge is 2.20. The molecule has 0 bridgehead atoms. The average molecular weight is 194 g/mol. The van der Waals surface area contributed by atoms with Crippen LogP contribution in [0.2, 0.25) is 0 Å². The quantitative estimate of drug-likeness (QED) is 0.725. The van der Waals surface area contributed by atoms with Crippen LogP contribution in [0.4, 0.5) is 0 Å². The second-order valence-corrected chi connectivity index (χ2v) is 3.13. The van der Waals surface area contributed by atoms with Crippen molar-refractivity contribution in [1.82, 2.24) is 0 Å². The van der Waals surface area contributed by atoms with Gasteiger partial charge < -0.3 is 10.5 Å². The van der Waals surface area contributed by atoms with Crippen LogP contribution >= 0.6 is 0 Å². The number of esters is 1. The van der Waals surface area contributed by atoms with E-state index in [4.69, 9.17) is 4.74 Å². The van der Waals surface area contributed by atoms with Crippen molar-refractivity contribution < 1.29 is 15.3 Å². The molecule has 3 nitrogen and oxygen atoms in total. The van der Waals surface area contributed by atoms with E-state index in [0.29, 0.717) is 6.61 Å². The van der Waals surface area contributed by atoms with Gasteiger partial charge in [0.1, 0.15) is 0 Å². The van der Waals surface area contributed by atoms with Gasteiger partial charge in [-0.3, -0.25) is 0 Å². The first-order valence-electron chi connectivity index (χ1n) is 4.80. The summed E-state index contributed by atoms with van der Waals surface area (Å²) in [4.78, 5) is 11.4. The maximum absolute atomic E-state index is 11.4. The minimum atomic E-state index is -0.414. The molecule has 0 saturated heterocycles. The third kappa shape index (κ3) is 2.85. The lowest BCUT2D eigenvalue weighted by Crippen LogP contribution is -2.57. The highest BCUT2D eigenvalue weighted by atomic mass is 16.5. The Morgan fingerprint density at radius 1 is 1.43 bits per heavy atom. The summed E-state index contributed by atoms with van der Waals surface area (Å²) in [6.07, 6.45) is 0.841. The molecule has 14 heavy (non-hydrogen) atoms. The van der Waals surface area contributed by atoms with E-state index in [-0.39, 0.29) is 5.97 Å². The summed E-state index contributed by atoms with van der Waals surface area (Å²) in [6.45, 7) is 2.44. The fourth-order valence-electron chi connectivity index (χ4n) is 1.12. The number of carbonyl (C=O) groups is 1. The van der Waals surface area contributed by atoms with Crippen LogP contribution in [-0.2, 0) is 9.53 Å². The van der Waals surface area contributed by atoms with E-state index in [9.17, 15) is 4.79 Å². The van der Waals surface area contributed by atoms with Crippen molar-refractivity contribution in [3.8, 4) is 0 Å². The highest BCUT2D eigenvalue weighted by molar-refractivity contribution is 5.75. The minimum Gasteiger partial charge on any atom is -0.461 e. The third-order valence-electron chi connectivity index (χ3n) is 1.93. The molecule has 1 rings (SSSR count). The summed E-state index contributed by atoms with van der Waals surface area (Å²) in [5.41, 5.74) is 4.68. The largest absolute Gasteiger partial charge is 0.461 e. The molecule has 0 spiro atoms. The van der Waals surface area contributed by atoms with E-state index >= 15 is 0 Å². The van der Waals surface area contributed by atoms with Gasteiger partial charge in [0.15, 0.2) is 0 Å². The van der Waals surface area contributed by atoms with E-state index in [1.165, 1.54) is 0 Å². The van der Waals surface area contributed by atoms with Crippen molar-refractivity contribution in [3.63, 3.8) is 0 Å². The Morgan fingerprint density at radius 3 is 2.64 bits per heavy atom. The van der Waals surface area contributed by atoms with Crippen LogP contribution in [0.15, 0.2) is 30.3 Å². The van der Waals surface area contributed by atoms with Crippen LogP contribution in [0.1, 0.15) is 24.9 Å². The summed E-state index contributed by atoms with van der Waals surface area (Å²) >= 11 is 0. The van der Waals surface area contributed by atoms with Gasteiger partial charge in [-0.1, -0.05) is 37.3 Å². The van der Waals surface area contributed by atoms with Crippen molar-refractivity contribution >= 4 is 5.97 Å². The van der Waals surface area contributed by atoms with Crippen molar-refractivity contribution in [2.45, 2.75) is 19.4 Å². The number of hydrogen-bond acceptors (Lipinski definition) is 2. The van der Waals surface area contributed by atoms with Gasteiger partial charge >= 0.3 is 5.97 Å². The Bertz CT molecular complexity index is 285. The number of benzene rings is 1. The maximum atomic E-state index is 11.4. The lowest BCUT2D eigenvalue weighted by Gasteiger charge is -2.07. The molecule has 1 aromatic rings. The SMILES string of the molecule is CCCOC(=O)[C@@H]([NH3+])c1ccccc1. The Labute approximate surface area is 83.9 Å². The molecule has 0 fully saturated rings. The summed E-state index contributed by atoms with van der Waals surface area (Å²) in [5.74, 6) is -0.252. The number of rotatable bonds is 4. The molecule has 0 heterocycles. The third-order valence-corrected chi connectivity index (χ3v) is 1.93. The predicted octanol–water partition coefficient (Wildman–Crippen LogP) is 0.923. The Hall–Kier alpha value is -1.35. The fraction of sp³-hybridized carbons (Fsp3) is 0.364. The van der Waals surface area contributed by atoms with E-state index in [0.717, 1.165) is 12.0 Å². The first kappa shape index (κ1) is 10.7. The molecular weight excluding hydrogens is 178 g/mol. The van der Waals surface area contributed by atoms with Crippen molar-refractivity contribution in [2.24, 2.45) is 0 Å². The van der Waals surface area contributed by atoms with Gasteiger partial charge in [-0.05, 0) is 6.42 Å². The molecule has 0 aliphatic rings. The summed E-state index contributed by atoms with van der Waals surface area (Å²) in [6, 6.07) is 9.03. The zero-order valence-corrected chi connectivity index (χ0v) is 8.40. The van der Waals surface area contributed by atoms with E-state index in [1.54, 1.807) is 0 Å². The van der Waals surface area contributed by atoms with Gasteiger partial charge in [0.05, 0.1) is 6.61 Å². The van der Waals surface area contributed by atoms with Crippen molar-refractivity contribution in [2.75, 3.05) is 6.61 Å². The lowest BCUT2D eigenvalue weighted by molar-refractivity contribution is -0.414. The molecule has 0 aliphatic heterocycles. The van der Waals surface area contributed by atoms with Crippen LogP contribution in [0, 0.1) is 0 Å². The zero-order valence-electron chi connectivity index (χ0n) is 8.40. The predicted molar refractivity (Wildman–Crippen MR) is 53.3 cm³/mol. The number of ether oxygens (including phenoxy) is 1. The first-order chi connectivity index (χ1) is 6.75. The van der Waals surface area contributed by atoms with E-state index in [2.05, 4.69) is 5.73 Å². The summed E-state index contributed by atoms with van der Waals surface area (Å²) in [7, 11) is 0. The average Bonchev–Trinajstić information content (AvgIpc) is 2.26. The topological polar surface area (TPSA) is 53.9 Å². The van der Waals surface area contributed by atoms with Gasteiger partial charge in [0.25, 0.3) is 0 Å². The number of hydrogen-bond donors (Lipinski definition) is 1. The lowest BCUT2D eigenvalue weighted by atomic mass is 10.1. The van der Waals surface area contributed by atoms with Gasteiger partial charge in [0.2, 0.25) is 6.04 Å². The maximum Gasteiger partial charge on any atom is 0.369 e. The summed E-state index contributed by atoms with van der Waals surface area (Å²) in [5, 5.41) is 0. The molecule has 76 valence electrons. The Kier molecular flexibility index (Phi) is 4.13. The van der Waals surface area contributed by atoms with Crippen molar-refractivity contribution in [1.29, 1.82) is 0 Å². The van der Waals surface area contributed by atoms with E-state index < -0.39 is 6.04 Å². The second-order valence-electron chi connectivity index (χ2n) is 3.13. The molecule has 1 aromatic carbocycles. The summed E-state index contributed by atoms with van der Waals surface area (Å²) < 4.78 is 5.01. The highest BCUT2D eigenvalue weighted by Crippen LogP contribution is 2.08. The van der Waals surface area contributed by atoms with Crippen LogP contribution in [0.5, 0.6) is 0 Å². The van der Waals surface area contributed by atoms with Crippen LogP contribution < -0.4 is 5.73 Å². The minimum absolute atomic E-state index is 0.252. The Balaban J connectivity index is 2.57. The smallest absolute Gasteiger partial charge is 0.369 e. The van der Waals surface area contributed by atoms with Crippen LogP contribution in [-0.4, -0.2) is 12.6 Å². The number of carbonyl (C=O) groups excluding carboxylic acids is 1. The monoisotopic (exact) mass is 194 g/mol. The van der Waals surface area contributed by atoms with E-state index in [1.807, 2.05) is 37.3 Å². The Morgan fingerprint density at radius 2 is 2.07 bits per heavy atom. The molecule has 0 radical (unpaired) electrons. The molecule has 0 amide bonds. The molecule has 0 unspecified atom stereocenters. The molecule has 3 N–H and O–H groups in total. The van der Waals surface area contributed by atoms with Gasteiger partial charge in [-0.25, -0.2) is 4.79 Å². The fourth-order valence-corrected chi connectivity index (χ4v) is 1.12. The standard InChI is InChI=1S/C11H15NO2/c1-2-8-14-11(13)10(12)9-6-4-3-5-7-9/h3-7,10H,2,8,12H2,1H3/p+1/t10-/m0/s1. The molecule has 3 heteroatoms. The molecule has 1 atom stereocenters. The van der Waals surface area contributed by atoms with Gasteiger partial charge in [0, 0.05) is 5.56 Å². The molecule has 0 aliphatic carbocycles. The van der Waals surface area contributed by atoms with Crippen molar-refractivity contribution in [3.05, 3.63) is 35.9 Å². The molecular formula is C11H16NO2+. The van der Waals surface area contributed by atoms with Crippen LogP contribution in [0.3, 0.4) is 0 Å². The molecule has 0 saturated carbocycles. The number of quaternary nitrogens is 1.